The number of nitrogens with one attached hydrogen (secondary N) is 1. The van der Waals surface area contributed by atoms with Gasteiger partial charge in [-0.2, -0.15) is 0 Å². The molecule has 0 aliphatic heterocycles. The van der Waals surface area contributed by atoms with Crippen molar-refractivity contribution in [3.8, 4) is 11.1 Å². The maximum Gasteiger partial charge on any atom is 0.339 e. The van der Waals surface area contributed by atoms with Crippen molar-refractivity contribution in [3.63, 3.8) is 0 Å². The molecule has 0 radical (unpaired) electrons. The Bertz CT molecular complexity index is 1300. The number of hydrogen-bond donors (Lipinski definition) is 1. The molecule has 3 aromatic carbocycles. The quantitative estimate of drug-likeness (QED) is 0.288. The Morgan fingerprint density at radius 3 is 2.21 bits per heavy atom. The molecule has 200 valence electrons. The molecule has 6 nitrogen and oxygen atoms in total. The van der Waals surface area contributed by atoms with E-state index in [-0.39, 0.29) is 29.7 Å². The van der Waals surface area contributed by atoms with E-state index in [2.05, 4.69) is 12.2 Å². The van der Waals surface area contributed by atoms with Gasteiger partial charge in [-0.25, -0.2) is 9.59 Å². The standard InChI is InChI=1S/C31H34ClNO5/c1-6-11-27(20-12-9-8-10-13-20)33-28(34)21-14-16-23(26(18-21)30(36)38-31(3,4)5)25-19-22(32)15-17-24(25)29(35)37-7-2/h8-10,12-19,27H,6-7,11H2,1-5H3,(H,33,34)/t27-/m1/s1. The molecule has 0 aliphatic carbocycles. The summed E-state index contributed by atoms with van der Waals surface area (Å²) >= 11 is 6.28. The molecule has 0 saturated heterocycles. The van der Waals surface area contributed by atoms with Crippen LogP contribution in [0.4, 0.5) is 0 Å². The molecule has 0 heterocycles. The summed E-state index contributed by atoms with van der Waals surface area (Å²) in [6, 6.07) is 19.1. The molecule has 3 rings (SSSR count). The predicted molar refractivity (Wildman–Crippen MR) is 150 cm³/mol. The zero-order valence-corrected chi connectivity index (χ0v) is 23.2. The first-order valence-electron chi connectivity index (χ1n) is 12.7. The van der Waals surface area contributed by atoms with Gasteiger partial charge >= 0.3 is 11.9 Å². The minimum atomic E-state index is -0.773. The highest BCUT2D eigenvalue weighted by Gasteiger charge is 2.26. The van der Waals surface area contributed by atoms with Gasteiger partial charge in [-0.15, -0.1) is 0 Å². The Morgan fingerprint density at radius 1 is 0.868 bits per heavy atom. The third kappa shape index (κ3) is 7.45. The lowest BCUT2D eigenvalue weighted by atomic mass is 9.93. The zero-order chi connectivity index (χ0) is 27.9. The minimum absolute atomic E-state index is 0.146. The maximum atomic E-state index is 13.4. The van der Waals surface area contributed by atoms with Crippen LogP contribution in [0.25, 0.3) is 11.1 Å². The first-order chi connectivity index (χ1) is 18.0. The molecule has 38 heavy (non-hydrogen) atoms. The van der Waals surface area contributed by atoms with Gasteiger partial charge in [0, 0.05) is 10.6 Å². The first-order valence-corrected chi connectivity index (χ1v) is 13.1. The van der Waals surface area contributed by atoms with Crippen molar-refractivity contribution >= 4 is 29.4 Å². The van der Waals surface area contributed by atoms with Gasteiger partial charge in [0.15, 0.2) is 0 Å². The van der Waals surface area contributed by atoms with Crippen molar-refractivity contribution in [2.24, 2.45) is 0 Å². The van der Waals surface area contributed by atoms with E-state index in [9.17, 15) is 14.4 Å². The summed E-state index contributed by atoms with van der Waals surface area (Å²) < 4.78 is 10.9. The molecule has 0 bridgehead atoms. The van der Waals surface area contributed by atoms with E-state index in [1.165, 1.54) is 6.07 Å². The van der Waals surface area contributed by atoms with Gasteiger partial charge < -0.3 is 14.8 Å². The van der Waals surface area contributed by atoms with E-state index in [0.717, 1.165) is 18.4 Å². The molecule has 0 aromatic heterocycles. The highest BCUT2D eigenvalue weighted by Crippen LogP contribution is 2.33. The molecule has 0 aliphatic rings. The SMILES string of the molecule is CCC[C@@H](NC(=O)c1ccc(-c2cc(Cl)ccc2C(=O)OCC)c(C(=O)OC(C)(C)C)c1)c1ccccc1. The molecule has 1 atom stereocenters. The van der Waals surface area contributed by atoms with Crippen molar-refractivity contribution in [1.82, 2.24) is 5.32 Å². The second kappa shape index (κ2) is 12.7. The van der Waals surface area contributed by atoms with Crippen molar-refractivity contribution in [2.75, 3.05) is 6.61 Å². The lowest BCUT2D eigenvalue weighted by molar-refractivity contribution is 0.00700. The highest BCUT2D eigenvalue weighted by molar-refractivity contribution is 6.31. The van der Waals surface area contributed by atoms with Crippen LogP contribution in [0.15, 0.2) is 66.7 Å². The third-order valence-corrected chi connectivity index (χ3v) is 5.99. The van der Waals surface area contributed by atoms with Crippen LogP contribution in [0.2, 0.25) is 5.02 Å². The van der Waals surface area contributed by atoms with E-state index in [1.807, 2.05) is 30.3 Å². The molecule has 0 spiro atoms. The molecular weight excluding hydrogens is 502 g/mol. The summed E-state index contributed by atoms with van der Waals surface area (Å²) in [6.45, 7) is 9.26. The summed E-state index contributed by atoms with van der Waals surface area (Å²) in [7, 11) is 0. The van der Waals surface area contributed by atoms with E-state index in [4.69, 9.17) is 21.1 Å². The lowest BCUT2D eigenvalue weighted by Gasteiger charge is -2.22. The fourth-order valence-corrected chi connectivity index (χ4v) is 4.26. The molecule has 1 amide bonds. The zero-order valence-electron chi connectivity index (χ0n) is 22.5. The lowest BCUT2D eigenvalue weighted by Crippen LogP contribution is -2.29. The molecule has 3 aromatic rings. The topological polar surface area (TPSA) is 81.7 Å². The van der Waals surface area contributed by atoms with E-state index >= 15 is 0 Å². The van der Waals surface area contributed by atoms with E-state index in [1.54, 1.807) is 58.0 Å². The highest BCUT2D eigenvalue weighted by atomic mass is 35.5. The molecule has 0 fully saturated rings. The van der Waals surface area contributed by atoms with Crippen LogP contribution in [0.5, 0.6) is 0 Å². The first kappa shape index (κ1) is 28.9. The normalized spacial score (nSPS) is 11.9. The van der Waals surface area contributed by atoms with Crippen molar-refractivity contribution in [2.45, 2.75) is 59.1 Å². The Morgan fingerprint density at radius 2 is 1.58 bits per heavy atom. The number of carbonyl (C=O) groups excluding carboxylic acids is 3. The second-order valence-corrected chi connectivity index (χ2v) is 10.3. The number of hydrogen-bond acceptors (Lipinski definition) is 5. The Kier molecular flexibility index (Phi) is 9.70. The molecular formula is C31H34ClNO5. The fraction of sp³-hybridized carbons (Fsp3) is 0.323. The molecule has 1 N–H and O–H groups in total. The molecule has 7 heteroatoms. The average molecular weight is 536 g/mol. The van der Waals surface area contributed by atoms with Crippen molar-refractivity contribution in [3.05, 3.63) is 94.0 Å². The van der Waals surface area contributed by atoms with Gasteiger partial charge in [0.1, 0.15) is 5.60 Å². The summed E-state index contributed by atoms with van der Waals surface area (Å²) in [5.41, 5.74) is 1.75. The number of halogens is 1. The van der Waals surface area contributed by atoms with Crippen LogP contribution >= 0.6 is 11.6 Å². The number of amides is 1. The minimum Gasteiger partial charge on any atom is -0.462 e. The Balaban J connectivity index is 2.09. The Hall–Kier alpha value is -3.64. The van der Waals surface area contributed by atoms with Crippen LogP contribution in [0.3, 0.4) is 0 Å². The average Bonchev–Trinajstić information content (AvgIpc) is 2.87. The predicted octanol–water partition coefficient (Wildman–Crippen LogP) is 7.41. The van der Waals surface area contributed by atoms with Crippen molar-refractivity contribution in [1.29, 1.82) is 0 Å². The van der Waals surface area contributed by atoms with Gasteiger partial charge in [0.05, 0.1) is 23.8 Å². The van der Waals surface area contributed by atoms with Crippen LogP contribution < -0.4 is 5.32 Å². The third-order valence-electron chi connectivity index (χ3n) is 5.75. The maximum absolute atomic E-state index is 13.4. The summed E-state index contributed by atoms with van der Waals surface area (Å²) in [5, 5.41) is 3.48. The summed E-state index contributed by atoms with van der Waals surface area (Å²) in [4.78, 5) is 39.4. The van der Waals surface area contributed by atoms with Gasteiger partial charge in [-0.3, -0.25) is 4.79 Å². The number of ether oxygens (including phenoxy) is 2. The van der Waals surface area contributed by atoms with E-state index in [0.29, 0.717) is 21.7 Å². The van der Waals surface area contributed by atoms with Gasteiger partial charge in [0.25, 0.3) is 5.91 Å². The van der Waals surface area contributed by atoms with Gasteiger partial charge in [-0.05, 0) is 81.1 Å². The summed E-state index contributed by atoms with van der Waals surface area (Å²) in [6.07, 6.45) is 1.64. The monoisotopic (exact) mass is 535 g/mol. The fourth-order valence-electron chi connectivity index (χ4n) is 4.09. The van der Waals surface area contributed by atoms with Crippen LogP contribution in [-0.2, 0) is 9.47 Å². The van der Waals surface area contributed by atoms with Crippen molar-refractivity contribution < 1.29 is 23.9 Å². The smallest absolute Gasteiger partial charge is 0.339 e. The number of rotatable bonds is 9. The van der Waals surface area contributed by atoms with Gasteiger partial charge in [0.2, 0.25) is 0 Å². The van der Waals surface area contributed by atoms with E-state index < -0.39 is 17.5 Å². The Labute approximate surface area is 229 Å². The second-order valence-electron chi connectivity index (χ2n) is 9.90. The number of benzene rings is 3. The largest absolute Gasteiger partial charge is 0.462 e. The summed E-state index contributed by atoms with van der Waals surface area (Å²) in [5.74, 6) is -1.48. The van der Waals surface area contributed by atoms with Crippen LogP contribution in [0, 0.1) is 0 Å². The van der Waals surface area contributed by atoms with Crippen LogP contribution in [0.1, 0.15) is 90.1 Å². The number of carbonyl (C=O) groups is 3. The molecule has 0 unspecified atom stereocenters. The van der Waals surface area contributed by atoms with Gasteiger partial charge in [-0.1, -0.05) is 61.3 Å². The number of esters is 2. The molecule has 0 saturated carbocycles. The van der Waals surface area contributed by atoms with Crippen LogP contribution in [-0.4, -0.2) is 30.1 Å².